The van der Waals surface area contributed by atoms with E-state index in [4.69, 9.17) is 9.26 Å². The van der Waals surface area contributed by atoms with Gasteiger partial charge in [-0.25, -0.2) is 4.79 Å². The molecule has 0 unspecified atom stereocenters. The van der Waals surface area contributed by atoms with Crippen molar-refractivity contribution in [1.82, 2.24) is 5.27 Å². The number of nitrogens with one attached hydrogen (secondary N) is 2. The van der Waals surface area contributed by atoms with Gasteiger partial charge in [0.25, 0.3) is 0 Å². The monoisotopic (exact) mass is 438 g/mol. The standard InChI is InChI=1S/C16H12IN3O4/c1-23-13-8-6-12(7-9-13)20-14(16(22)24-19-20)15(21)18-11-4-2-10(17)3-5-11/h2-9H,1H3,(H-,18,19,21,22)/p+1. The Balaban J connectivity index is 1.92. The normalized spacial score (nSPS) is 10.4. The van der Waals surface area contributed by atoms with Crippen LogP contribution >= 0.6 is 22.6 Å². The first-order valence-electron chi connectivity index (χ1n) is 6.93. The first-order chi connectivity index (χ1) is 11.6. The number of methoxy groups -OCH3 is 1. The number of aromatic amines is 1. The summed E-state index contributed by atoms with van der Waals surface area (Å²) in [7, 11) is 1.56. The summed E-state index contributed by atoms with van der Waals surface area (Å²) < 4.78 is 12.2. The quantitative estimate of drug-likeness (QED) is 0.483. The van der Waals surface area contributed by atoms with Crippen molar-refractivity contribution in [2.24, 2.45) is 0 Å². The Morgan fingerprint density at radius 3 is 2.46 bits per heavy atom. The average Bonchev–Trinajstić information content (AvgIpc) is 2.98. The van der Waals surface area contributed by atoms with E-state index in [1.165, 1.54) is 4.68 Å². The molecule has 8 heteroatoms. The average molecular weight is 438 g/mol. The zero-order chi connectivity index (χ0) is 17.1. The highest BCUT2D eigenvalue weighted by molar-refractivity contribution is 14.1. The van der Waals surface area contributed by atoms with Gasteiger partial charge in [-0.15, -0.1) is 0 Å². The van der Waals surface area contributed by atoms with Crippen LogP contribution in [0.2, 0.25) is 0 Å². The summed E-state index contributed by atoms with van der Waals surface area (Å²) in [5, 5.41) is 5.11. The number of anilines is 1. The molecule has 0 saturated heterocycles. The number of aromatic nitrogens is 2. The second-order valence-corrected chi connectivity index (χ2v) is 6.07. The summed E-state index contributed by atoms with van der Waals surface area (Å²) >= 11 is 2.17. The van der Waals surface area contributed by atoms with Gasteiger partial charge < -0.3 is 10.1 Å². The fourth-order valence-electron chi connectivity index (χ4n) is 2.10. The highest BCUT2D eigenvalue weighted by Crippen LogP contribution is 2.13. The van der Waals surface area contributed by atoms with Crippen molar-refractivity contribution in [2.75, 3.05) is 12.4 Å². The number of carbonyl (C=O) groups excluding carboxylic acids is 1. The molecule has 3 rings (SSSR count). The number of halogens is 1. The summed E-state index contributed by atoms with van der Waals surface area (Å²) in [6.45, 7) is 0. The van der Waals surface area contributed by atoms with Gasteiger partial charge in [-0.1, -0.05) is 0 Å². The van der Waals surface area contributed by atoms with Crippen LogP contribution < -0.4 is 20.4 Å². The first kappa shape index (κ1) is 16.2. The fourth-order valence-corrected chi connectivity index (χ4v) is 2.46. The van der Waals surface area contributed by atoms with Crippen molar-refractivity contribution in [3.8, 4) is 11.4 Å². The van der Waals surface area contributed by atoms with Gasteiger partial charge >= 0.3 is 17.2 Å². The SMILES string of the molecule is COc1ccc(-[n+]2[nH]oc(=O)c2C(=O)Nc2ccc(I)cc2)cc1. The van der Waals surface area contributed by atoms with Crippen molar-refractivity contribution in [3.63, 3.8) is 0 Å². The maximum Gasteiger partial charge on any atom is 0.441 e. The highest BCUT2D eigenvalue weighted by Gasteiger charge is 2.30. The van der Waals surface area contributed by atoms with Crippen LogP contribution in [-0.2, 0) is 0 Å². The summed E-state index contributed by atoms with van der Waals surface area (Å²) in [6.07, 6.45) is 0. The molecule has 0 fully saturated rings. The van der Waals surface area contributed by atoms with E-state index in [2.05, 4.69) is 33.2 Å². The zero-order valence-electron chi connectivity index (χ0n) is 12.6. The van der Waals surface area contributed by atoms with Gasteiger partial charge in [0.05, 0.1) is 7.11 Å². The summed E-state index contributed by atoms with van der Waals surface area (Å²) in [5.74, 6) is 0.0945. The van der Waals surface area contributed by atoms with E-state index < -0.39 is 11.5 Å². The summed E-state index contributed by atoms with van der Waals surface area (Å²) in [6, 6.07) is 14.1. The minimum atomic E-state index is -0.756. The summed E-state index contributed by atoms with van der Waals surface area (Å²) in [4.78, 5) is 24.4. The van der Waals surface area contributed by atoms with Gasteiger partial charge in [0, 0.05) is 21.4 Å². The van der Waals surface area contributed by atoms with E-state index in [0.717, 1.165) is 3.57 Å². The lowest BCUT2D eigenvalue weighted by Gasteiger charge is -2.01. The van der Waals surface area contributed by atoms with Crippen LogP contribution in [0.3, 0.4) is 0 Å². The van der Waals surface area contributed by atoms with Crippen LogP contribution in [0.4, 0.5) is 5.69 Å². The molecule has 0 saturated carbocycles. The molecule has 1 aromatic heterocycles. The summed E-state index contributed by atoms with van der Waals surface area (Å²) in [5.41, 5.74) is 0.240. The smallest absolute Gasteiger partial charge is 0.441 e. The maximum atomic E-state index is 12.5. The van der Waals surface area contributed by atoms with Crippen molar-refractivity contribution in [2.45, 2.75) is 0 Å². The number of rotatable bonds is 4. The van der Waals surface area contributed by atoms with Gasteiger partial charge in [-0.3, -0.25) is 9.32 Å². The molecule has 122 valence electrons. The second kappa shape index (κ2) is 6.87. The largest absolute Gasteiger partial charge is 0.497 e. The fraction of sp³-hybridized carbons (Fsp3) is 0.0625. The molecule has 2 aromatic carbocycles. The van der Waals surface area contributed by atoms with E-state index in [1.807, 2.05) is 12.1 Å². The number of carbonyl (C=O) groups is 1. The maximum absolute atomic E-state index is 12.5. The predicted octanol–water partition coefficient (Wildman–Crippen LogP) is 2.11. The predicted molar refractivity (Wildman–Crippen MR) is 94.5 cm³/mol. The van der Waals surface area contributed by atoms with Crippen LogP contribution in [0, 0.1) is 3.57 Å². The third-order valence-electron chi connectivity index (χ3n) is 3.29. The van der Waals surface area contributed by atoms with E-state index >= 15 is 0 Å². The zero-order valence-corrected chi connectivity index (χ0v) is 14.7. The van der Waals surface area contributed by atoms with Gasteiger partial charge in [0.1, 0.15) is 5.75 Å². The van der Waals surface area contributed by atoms with Gasteiger partial charge in [-0.05, 0) is 68.9 Å². The number of nitrogens with zero attached hydrogens (tertiary/aromatic N) is 1. The van der Waals surface area contributed by atoms with Gasteiger partial charge in [-0.2, -0.15) is 0 Å². The Hall–Kier alpha value is -2.62. The molecule has 1 amide bonds. The van der Waals surface area contributed by atoms with Gasteiger partial charge in [0.15, 0.2) is 0 Å². The van der Waals surface area contributed by atoms with E-state index in [9.17, 15) is 9.59 Å². The van der Waals surface area contributed by atoms with Crippen LogP contribution in [0.1, 0.15) is 10.5 Å². The van der Waals surface area contributed by atoms with Crippen LogP contribution in [0.5, 0.6) is 5.75 Å². The van der Waals surface area contributed by atoms with Crippen molar-refractivity contribution in [3.05, 3.63) is 68.2 Å². The second-order valence-electron chi connectivity index (χ2n) is 4.82. The lowest BCUT2D eigenvalue weighted by molar-refractivity contribution is -0.672. The Bertz CT molecular complexity index is 914. The molecule has 2 N–H and O–H groups in total. The third kappa shape index (κ3) is 3.32. The molecule has 0 aliphatic carbocycles. The van der Waals surface area contributed by atoms with E-state index in [1.54, 1.807) is 43.5 Å². The number of H-pyrrole nitrogens is 1. The molecular weight excluding hydrogens is 425 g/mol. The number of hydrogen-bond donors (Lipinski definition) is 2. The Morgan fingerprint density at radius 1 is 1.17 bits per heavy atom. The lowest BCUT2D eigenvalue weighted by Crippen LogP contribution is -2.42. The Labute approximate surface area is 150 Å². The molecule has 3 aromatic rings. The molecular formula is C16H13IN3O4+. The molecule has 0 atom stereocenters. The van der Waals surface area contributed by atoms with Crippen molar-refractivity contribution in [1.29, 1.82) is 0 Å². The minimum absolute atomic E-state index is 0.154. The molecule has 0 spiro atoms. The molecule has 0 radical (unpaired) electrons. The van der Waals surface area contributed by atoms with E-state index in [-0.39, 0.29) is 5.69 Å². The Morgan fingerprint density at radius 2 is 1.83 bits per heavy atom. The van der Waals surface area contributed by atoms with Crippen LogP contribution in [-0.4, -0.2) is 18.3 Å². The lowest BCUT2D eigenvalue weighted by atomic mass is 10.3. The molecule has 0 aliphatic rings. The molecule has 24 heavy (non-hydrogen) atoms. The van der Waals surface area contributed by atoms with Crippen molar-refractivity contribution < 1.29 is 18.7 Å². The van der Waals surface area contributed by atoms with Crippen LogP contribution in [0.25, 0.3) is 5.69 Å². The number of hydrogen-bond acceptors (Lipinski definition) is 4. The topological polar surface area (TPSA) is 88.2 Å². The number of ether oxygens (including phenoxy) is 1. The van der Waals surface area contributed by atoms with Gasteiger partial charge in [0.2, 0.25) is 5.69 Å². The minimum Gasteiger partial charge on any atom is -0.497 e. The highest BCUT2D eigenvalue weighted by atomic mass is 127. The van der Waals surface area contributed by atoms with Crippen molar-refractivity contribution >= 4 is 34.2 Å². The Kier molecular flexibility index (Phi) is 4.65. The molecule has 0 bridgehead atoms. The first-order valence-corrected chi connectivity index (χ1v) is 8.01. The van der Waals surface area contributed by atoms with Crippen LogP contribution in [0.15, 0.2) is 57.8 Å². The van der Waals surface area contributed by atoms with E-state index in [0.29, 0.717) is 17.1 Å². The molecule has 0 aliphatic heterocycles. The molecule has 7 nitrogen and oxygen atoms in total. The third-order valence-corrected chi connectivity index (χ3v) is 4.01. The number of benzene rings is 2. The number of amides is 1. The molecule has 1 heterocycles.